The van der Waals surface area contributed by atoms with Gasteiger partial charge >= 0.3 is 0 Å². The molecule has 0 radical (unpaired) electrons. The summed E-state index contributed by atoms with van der Waals surface area (Å²) >= 11 is 1.45. The van der Waals surface area contributed by atoms with Crippen LogP contribution in [0.25, 0.3) is 0 Å². The Labute approximate surface area is 97.6 Å². The van der Waals surface area contributed by atoms with E-state index in [1.807, 2.05) is 13.0 Å². The maximum atomic E-state index is 5.69. The van der Waals surface area contributed by atoms with E-state index in [1.54, 1.807) is 12.3 Å². The molecule has 0 aromatic carbocycles. The zero-order valence-corrected chi connectivity index (χ0v) is 9.61. The van der Waals surface area contributed by atoms with Gasteiger partial charge in [-0.05, 0) is 17.8 Å². The minimum absolute atomic E-state index is 0.489. The average molecular weight is 233 g/mol. The summed E-state index contributed by atoms with van der Waals surface area (Å²) < 4.78 is 0. The summed E-state index contributed by atoms with van der Waals surface area (Å²) in [6.07, 6.45) is 3.97. The summed E-state index contributed by atoms with van der Waals surface area (Å²) in [6, 6.07) is 3.57. The van der Waals surface area contributed by atoms with Crippen molar-refractivity contribution in [3.8, 4) is 0 Å². The highest BCUT2D eigenvalue weighted by atomic mass is 32.2. The van der Waals surface area contributed by atoms with E-state index in [0.717, 1.165) is 22.3 Å². The van der Waals surface area contributed by atoms with Crippen molar-refractivity contribution >= 4 is 17.6 Å². The lowest BCUT2D eigenvalue weighted by molar-refractivity contribution is 0.892. The van der Waals surface area contributed by atoms with Crippen LogP contribution < -0.4 is 5.73 Å². The molecule has 2 N–H and O–H groups in total. The number of anilines is 1. The maximum absolute atomic E-state index is 5.69. The fourth-order valence-electron chi connectivity index (χ4n) is 1.15. The van der Waals surface area contributed by atoms with Crippen LogP contribution in [0, 0.1) is 0 Å². The Balaban J connectivity index is 2.24. The minimum Gasteiger partial charge on any atom is -0.384 e. The number of nitrogen functional groups attached to an aromatic ring is 1. The van der Waals surface area contributed by atoms with Crippen molar-refractivity contribution in [2.75, 3.05) is 5.73 Å². The van der Waals surface area contributed by atoms with Gasteiger partial charge in [-0.25, -0.2) is 19.9 Å². The van der Waals surface area contributed by atoms with Crippen LogP contribution in [0.1, 0.15) is 12.7 Å². The molecule has 0 fully saturated rings. The predicted molar refractivity (Wildman–Crippen MR) is 62.0 cm³/mol. The van der Waals surface area contributed by atoms with Crippen molar-refractivity contribution in [2.45, 2.75) is 23.4 Å². The first-order valence-electron chi connectivity index (χ1n) is 4.85. The molecular formula is C10H11N5S. The predicted octanol–water partition coefficient (Wildman–Crippen LogP) is 1.56. The van der Waals surface area contributed by atoms with Crippen LogP contribution in [0.2, 0.25) is 0 Å². The molecule has 0 atom stereocenters. The maximum Gasteiger partial charge on any atom is 0.131 e. The molecule has 16 heavy (non-hydrogen) atoms. The quantitative estimate of drug-likeness (QED) is 0.811. The molecule has 82 valence electrons. The number of aryl methyl sites for hydroxylation is 1. The molecule has 0 aliphatic rings. The summed E-state index contributed by atoms with van der Waals surface area (Å²) in [5, 5.41) is 1.65. The second kappa shape index (κ2) is 4.89. The number of nitrogens with two attached hydrogens (primary N) is 1. The van der Waals surface area contributed by atoms with E-state index in [0.29, 0.717) is 5.82 Å². The van der Waals surface area contributed by atoms with Crippen molar-refractivity contribution in [2.24, 2.45) is 0 Å². The van der Waals surface area contributed by atoms with Gasteiger partial charge in [-0.2, -0.15) is 0 Å². The van der Waals surface area contributed by atoms with E-state index < -0.39 is 0 Å². The summed E-state index contributed by atoms with van der Waals surface area (Å²) in [5.41, 5.74) is 5.69. The number of aromatic nitrogens is 4. The van der Waals surface area contributed by atoms with Crippen molar-refractivity contribution < 1.29 is 0 Å². The Bertz CT molecular complexity index is 474. The van der Waals surface area contributed by atoms with E-state index in [-0.39, 0.29) is 0 Å². The van der Waals surface area contributed by atoms with Crippen molar-refractivity contribution in [1.29, 1.82) is 0 Å². The first-order chi connectivity index (χ1) is 7.78. The van der Waals surface area contributed by atoms with Gasteiger partial charge in [0.15, 0.2) is 0 Å². The van der Waals surface area contributed by atoms with Gasteiger partial charge in [0.1, 0.15) is 28.0 Å². The zero-order chi connectivity index (χ0) is 11.4. The van der Waals surface area contributed by atoms with Crippen molar-refractivity contribution in [3.05, 3.63) is 30.5 Å². The van der Waals surface area contributed by atoms with Crippen LogP contribution in [0.5, 0.6) is 0 Å². The number of rotatable bonds is 3. The van der Waals surface area contributed by atoms with Crippen LogP contribution in [-0.2, 0) is 6.42 Å². The van der Waals surface area contributed by atoms with Gasteiger partial charge in [-0.15, -0.1) is 0 Å². The lowest BCUT2D eigenvalue weighted by Crippen LogP contribution is -1.99. The van der Waals surface area contributed by atoms with Crippen LogP contribution in [0.4, 0.5) is 5.82 Å². The average Bonchev–Trinajstić information content (AvgIpc) is 2.29. The summed E-state index contributed by atoms with van der Waals surface area (Å²) in [6.45, 7) is 1.99. The Morgan fingerprint density at radius 2 is 2.19 bits per heavy atom. The molecule has 0 amide bonds. The van der Waals surface area contributed by atoms with Gasteiger partial charge in [-0.3, -0.25) is 0 Å². The number of hydrogen-bond acceptors (Lipinski definition) is 6. The third-order valence-corrected chi connectivity index (χ3v) is 2.72. The Morgan fingerprint density at radius 1 is 1.31 bits per heavy atom. The normalized spacial score (nSPS) is 10.3. The largest absolute Gasteiger partial charge is 0.384 e. The van der Waals surface area contributed by atoms with Crippen LogP contribution in [0.3, 0.4) is 0 Å². The molecule has 2 aromatic rings. The fraction of sp³-hybridized carbons (Fsp3) is 0.200. The Morgan fingerprint density at radius 3 is 2.88 bits per heavy atom. The van der Waals surface area contributed by atoms with E-state index in [2.05, 4.69) is 19.9 Å². The molecule has 0 saturated carbocycles. The summed E-state index contributed by atoms with van der Waals surface area (Å²) in [7, 11) is 0. The van der Waals surface area contributed by atoms with Gasteiger partial charge in [-0.1, -0.05) is 6.92 Å². The van der Waals surface area contributed by atoms with Crippen LogP contribution in [0.15, 0.2) is 34.7 Å². The fourth-order valence-corrected chi connectivity index (χ4v) is 1.92. The molecule has 2 rings (SSSR count). The van der Waals surface area contributed by atoms with E-state index in [1.165, 1.54) is 18.1 Å². The third kappa shape index (κ3) is 2.66. The van der Waals surface area contributed by atoms with Crippen LogP contribution in [-0.4, -0.2) is 19.9 Å². The molecule has 0 spiro atoms. The van der Waals surface area contributed by atoms with Gasteiger partial charge in [0.2, 0.25) is 0 Å². The Kier molecular flexibility index (Phi) is 3.31. The smallest absolute Gasteiger partial charge is 0.131 e. The van der Waals surface area contributed by atoms with Crippen LogP contribution >= 0.6 is 11.8 Å². The topological polar surface area (TPSA) is 77.6 Å². The second-order valence-electron chi connectivity index (χ2n) is 3.05. The lowest BCUT2D eigenvalue weighted by atomic mass is 10.4. The summed E-state index contributed by atoms with van der Waals surface area (Å²) in [5.74, 6) is 1.24. The monoisotopic (exact) mass is 233 g/mol. The van der Waals surface area contributed by atoms with Crippen molar-refractivity contribution in [1.82, 2.24) is 19.9 Å². The van der Waals surface area contributed by atoms with Gasteiger partial charge < -0.3 is 5.73 Å². The molecule has 2 heterocycles. The molecule has 0 saturated heterocycles. The first kappa shape index (κ1) is 10.8. The number of nitrogens with zero attached hydrogens (tertiary/aromatic N) is 4. The van der Waals surface area contributed by atoms with E-state index in [4.69, 9.17) is 5.73 Å². The standard InChI is InChI=1S/C10H11N5S/c1-2-8-14-7(11)5-10(15-8)16-9-3-4-12-6-13-9/h3-6H,2H2,1H3,(H2,11,14,15). The molecule has 0 aliphatic heterocycles. The van der Waals surface area contributed by atoms with Crippen molar-refractivity contribution in [3.63, 3.8) is 0 Å². The summed E-state index contributed by atoms with van der Waals surface area (Å²) in [4.78, 5) is 16.4. The molecule has 0 unspecified atom stereocenters. The number of hydrogen-bond donors (Lipinski definition) is 1. The SMILES string of the molecule is CCc1nc(N)cc(Sc2ccncn2)n1. The molecule has 2 aromatic heterocycles. The second-order valence-corrected chi connectivity index (χ2v) is 4.09. The minimum atomic E-state index is 0.489. The van der Waals surface area contributed by atoms with Gasteiger partial charge in [0.05, 0.1) is 0 Å². The first-order valence-corrected chi connectivity index (χ1v) is 5.67. The molecule has 6 heteroatoms. The Hall–Kier alpha value is -1.69. The zero-order valence-electron chi connectivity index (χ0n) is 8.79. The lowest BCUT2D eigenvalue weighted by Gasteiger charge is -2.03. The van der Waals surface area contributed by atoms with E-state index >= 15 is 0 Å². The third-order valence-electron chi connectivity index (χ3n) is 1.85. The molecular weight excluding hydrogens is 222 g/mol. The molecule has 5 nitrogen and oxygen atoms in total. The molecule has 0 aliphatic carbocycles. The molecule has 0 bridgehead atoms. The van der Waals surface area contributed by atoms with Gasteiger partial charge in [0.25, 0.3) is 0 Å². The highest BCUT2D eigenvalue weighted by molar-refractivity contribution is 7.99. The van der Waals surface area contributed by atoms with E-state index in [9.17, 15) is 0 Å². The highest BCUT2D eigenvalue weighted by Gasteiger charge is 2.03. The van der Waals surface area contributed by atoms with Gasteiger partial charge in [0, 0.05) is 18.7 Å². The highest BCUT2D eigenvalue weighted by Crippen LogP contribution is 2.24.